The molecule has 0 fully saturated rings. The number of amides is 1. The Morgan fingerprint density at radius 1 is 1.06 bits per heavy atom. The van der Waals surface area contributed by atoms with Crippen molar-refractivity contribution >= 4 is 38.5 Å². The Morgan fingerprint density at radius 2 is 1.74 bits per heavy atom. The molecule has 35 heavy (non-hydrogen) atoms. The second-order valence-electron chi connectivity index (χ2n) is 8.76. The number of phenols is 1. The number of fused-ring (bicyclic) bond motifs is 2. The minimum Gasteiger partial charge on any atom is -0.503 e. The first-order chi connectivity index (χ1) is 16.7. The van der Waals surface area contributed by atoms with E-state index < -0.39 is 11.9 Å². The van der Waals surface area contributed by atoms with Crippen LogP contribution in [-0.2, 0) is 6.42 Å². The zero-order valence-electron chi connectivity index (χ0n) is 19.8. The third kappa shape index (κ3) is 3.62. The molecular weight excluding hydrogens is 510 g/mol. The van der Waals surface area contributed by atoms with Gasteiger partial charge in [-0.1, -0.05) is 19.1 Å². The monoisotopic (exact) mass is 533 g/mol. The first-order valence-electron chi connectivity index (χ1n) is 11.3. The van der Waals surface area contributed by atoms with Gasteiger partial charge in [0.2, 0.25) is 5.76 Å². The van der Waals surface area contributed by atoms with Gasteiger partial charge in [0.25, 0.3) is 5.91 Å². The molecule has 0 aliphatic carbocycles. The summed E-state index contributed by atoms with van der Waals surface area (Å²) in [7, 11) is 1.45. The van der Waals surface area contributed by atoms with E-state index in [0.717, 1.165) is 23.1 Å². The normalized spacial score (nSPS) is 15.1. The van der Waals surface area contributed by atoms with E-state index in [1.165, 1.54) is 7.11 Å². The summed E-state index contributed by atoms with van der Waals surface area (Å²) in [4.78, 5) is 29.2. The summed E-state index contributed by atoms with van der Waals surface area (Å²) in [6, 6.07) is 13.9. The third-order valence-corrected chi connectivity index (χ3v) is 7.30. The molecule has 1 aromatic heterocycles. The highest BCUT2D eigenvalue weighted by Crippen LogP contribution is 2.45. The molecule has 1 N–H and O–H groups in total. The lowest BCUT2D eigenvalue weighted by atomic mass is 9.96. The fourth-order valence-electron chi connectivity index (χ4n) is 4.61. The number of benzene rings is 3. The van der Waals surface area contributed by atoms with Gasteiger partial charge in [-0.05, 0) is 94.9 Å². The Kier molecular flexibility index (Phi) is 5.68. The second-order valence-corrected chi connectivity index (χ2v) is 9.61. The number of anilines is 1. The number of methoxy groups -OCH3 is 1. The standard InChI is InChI=1S/C28H24BrNO5/c1-5-16-6-8-18(9-7-16)30-24(17-12-20(29)26(32)22(13-17)34-4)23-25(31)19-10-14(2)15(3)11-21(19)35-27(23)28(30)33/h6-13,24,32H,5H2,1-4H3. The summed E-state index contributed by atoms with van der Waals surface area (Å²) in [5.74, 6) is -0.197. The lowest BCUT2D eigenvalue weighted by molar-refractivity contribution is 0.0971. The Bertz CT molecular complexity index is 1560. The van der Waals surface area contributed by atoms with Crippen molar-refractivity contribution in [3.8, 4) is 11.5 Å². The summed E-state index contributed by atoms with van der Waals surface area (Å²) in [6.45, 7) is 5.94. The first kappa shape index (κ1) is 23.2. The smallest absolute Gasteiger partial charge is 0.295 e. The molecule has 0 bridgehead atoms. The van der Waals surface area contributed by atoms with Gasteiger partial charge in [-0.25, -0.2) is 0 Å². The first-order valence-corrected chi connectivity index (χ1v) is 12.1. The topological polar surface area (TPSA) is 80.0 Å². The Labute approximate surface area is 210 Å². The van der Waals surface area contributed by atoms with Gasteiger partial charge < -0.3 is 14.3 Å². The molecule has 1 atom stereocenters. The molecule has 6 nitrogen and oxygen atoms in total. The summed E-state index contributed by atoms with van der Waals surface area (Å²) in [6.07, 6.45) is 0.865. The largest absolute Gasteiger partial charge is 0.503 e. The SMILES string of the molecule is CCc1ccc(N2C(=O)c3oc4cc(C)c(C)cc4c(=O)c3C2c2cc(Br)c(O)c(OC)c2)cc1. The maximum atomic E-state index is 13.9. The molecule has 1 aliphatic heterocycles. The maximum Gasteiger partial charge on any atom is 0.295 e. The average Bonchev–Trinajstić information content (AvgIpc) is 3.14. The lowest BCUT2D eigenvalue weighted by Gasteiger charge is -2.26. The minimum absolute atomic E-state index is 0.0264. The molecule has 3 aromatic carbocycles. The molecule has 0 saturated carbocycles. The zero-order chi connectivity index (χ0) is 25.0. The number of hydrogen-bond donors (Lipinski definition) is 1. The van der Waals surface area contributed by atoms with E-state index in [1.807, 2.05) is 44.2 Å². The van der Waals surface area contributed by atoms with Crippen molar-refractivity contribution in [3.63, 3.8) is 0 Å². The van der Waals surface area contributed by atoms with Crippen LogP contribution in [0.3, 0.4) is 0 Å². The van der Waals surface area contributed by atoms with Crippen LogP contribution >= 0.6 is 15.9 Å². The number of aryl methyl sites for hydroxylation is 3. The molecule has 7 heteroatoms. The molecule has 178 valence electrons. The molecule has 4 aromatic rings. The number of phenolic OH excluding ortho intramolecular Hbond substituents is 1. The van der Waals surface area contributed by atoms with E-state index in [4.69, 9.17) is 9.15 Å². The summed E-state index contributed by atoms with van der Waals surface area (Å²) < 4.78 is 11.9. The van der Waals surface area contributed by atoms with Crippen molar-refractivity contribution < 1.29 is 19.1 Å². The quantitative estimate of drug-likeness (QED) is 0.337. The summed E-state index contributed by atoms with van der Waals surface area (Å²) >= 11 is 3.38. The molecule has 1 aliphatic rings. The van der Waals surface area contributed by atoms with Crippen molar-refractivity contribution in [2.75, 3.05) is 12.0 Å². The van der Waals surface area contributed by atoms with E-state index in [1.54, 1.807) is 23.1 Å². The number of ether oxygens (including phenoxy) is 1. The lowest BCUT2D eigenvalue weighted by Crippen LogP contribution is -2.29. The Morgan fingerprint density at radius 3 is 2.40 bits per heavy atom. The van der Waals surface area contributed by atoms with Crippen LogP contribution in [0, 0.1) is 13.8 Å². The van der Waals surface area contributed by atoms with Gasteiger partial charge in [-0.2, -0.15) is 0 Å². The Balaban J connectivity index is 1.83. The molecule has 2 heterocycles. The highest BCUT2D eigenvalue weighted by atomic mass is 79.9. The van der Waals surface area contributed by atoms with Crippen LogP contribution in [0.4, 0.5) is 5.69 Å². The van der Waals surface area contributed by atoms with Crippen LogP contribution < -0.4 is 15.1 Å². The Hall–Kier alpha value is -3.58. The second kappa shape index (κ2) is 8.57. The van der Waals surface area contributed by atoms with Crippen LogP contribution in [0.25, 0.3) is 11.0 Å². The van der Waals surface area contributed by atoms with E-state index in [0.29, 0.717) is 26.7 Å². The van der Waals surface area contributed by atoms with Crippen LogP contribution in [-0.4, -0.2) is 18.1 Å². The number of halogens is 1. The van der Waals surface area contributed by atoms with Crippen molar-refractivity contribution in [2.24, 2.45) is 0 Å². The minimum atomic E-state index is -0.766. The third-order valence-electron chi connectivity index (χ3n) is 6.70. The zero-order valence-corrected chi connectivity index (χ0v) is 21.4. The molecule has 0 spiro atoms. The highest BCUT2D eigenvalue weighted by Gasteiger charge is 2.44. The van der Waals surface area contributed by atoms with Gasteiger partial charge in [0.1, 0.15) is 5.58 Å². The maximum absolute atomic E-state index is 13.9. The fraction of sp³-hybridized carbons (Fsp3) is 0.214. The van der Waals surface area contributed by atoms with Crippen molar-refractivity contribution in [1.82, 2.24) is 0 Å². The number of carbonyl (C=O) groups is 1. The molecule has 5 rings (SSSR count). The molecule has 0 radical (unpaired) electrons. The van der Waals surface area contributed by atoms with Gasteiger partial charge in [0, 0.05) is 5.69 Å². The molecular formula is C28H24BrNO5. The van der Waals surface area contributed by atoms with E-state index in [9.17, 15) is 14.7 Å². The van der Waals surface area contributed by atoms with Gasteiger partial charge in [0.15, 0.2) is 16.9 Å². The predicted octanol–water partition coefficient (Wildman–Crippen LogP) is 6.20. The molecule has 0 saturated heterocycles. The van der Waals surface area contributed by atoms with Crippen molar-refractivity contribution in [3.05, 3.63) is 96.8 Å². The average molecular weight is 534 g/mol. The van der Waals surface area contributed by atoms with E-state index in [-0.39, 0.29) is 28.3 Å². The van der Waals surface area contributed by atoms with Gasteiger partial charge in [-0.3, -0.25) is 14.5 Å². The van der Waals surface area contributed by atoms with Gasteiger partial charge in [0.05, 0.1) is 28.6 Å². The van der Waals surface area contributed by atoms with Gasteiger partial charge >= 0.3 is 0 Å². The molecule has 1 unspecified atom stereocenters. The van der Waals surface area contributed by atoms with E-state index >= 15 is 0 Å². The number of hydrogen-bond acceptors (Lipinski definition) is 5. The fourth-order valence-corrected chi connectivity index (χ4v) is 5.07. The van der Waals surface area contributed by atoms with Crippen molar-refractivity contribution in [2.45, 2.75) is 33.2 Å². The van der Waals surface area contributed by atoms with Crippen molar-refractivity contribution in [1.29, 1.82) is 0 Å². The van der Waals surface area contributed by atoms with E-state index in [2.05, 4.69) is 22.9 Å². The van der Waals surface area contributed by atoms with Crippen LogP contribution in [0.1, 0.15) is 51.3 Å². The van der Waals surface area contributed by atoms with Gasteiger partial charge in [-0.15, -0.1) is 0 Å². The number of carbonyl (C=O) groups excluding carboxylic acids is 1. The van der Waals surface area contributed by atoms with Crippen LogP contribution in [0.2, 0.25) is 0 Å². The predicted molar refractivity (Wildman–Crippen MR) is 139 cm³/mol. The highest BCUT2D eigenvalue weighted by molar-refractivity contribution is 9.10. The number of aromatic hydroxyl groups is 1. The number of nitrogens with zero attached hydrogens (tertiary/aromatic N) is 1. The summed E-state index contributed by atoms with van der Waals surface area (Å²) in [5.41, 5.74) is 4.72. The molecule has 1 amide bonds. The van der Waals surface area contributed by atoms with Crippen LogP contribution in [0.15, 0.2) is 62.2 Å². The number of rotatable bonds is 4. The summed E-state index contributed by atoms with van der Waals surface area (Å²) in [5, 5.41) is 10.8. The van der Waals surface area contributed by atoms with Crippen LogP contribution in [0.5, 0.6) is 11.5 Å².